The summed E-state index contributed by atoms with van der Waals surface area (Å²) in [7, 11) is 0. The maximum absolute atomic E-state index is 11.8. The fourth-order valence-corrected chi connectivity index (χ4v) is 2.15. The van der Waals surface area contributed by atoms with Gasteiger partial charge in [-0.1, -0.05) is 6.07 Å². The fraction of sp³-hybridized carbons (Fsp3) is 0.438. The first-order valence-electron chi connectivity index (χ1n) is 7.47. The first-order chi connectivity index (χ1) is 10.9. The molecule has 0 fully saturated rings. The zero-order valence-corrected chi connectivity index (χ0v) is 14.8. The number of hydrogen-bond acceptors (Lipinski definition) is 4. The van der Waals surface area contributed by atoms with Crippen LogP contribution in [0.4, 0.5) is 10.5 Å². The van der Waals surface area contributed by atoms with Crippen LogP contribution >= 0.6 is 12.2 Å². The van der Waals surface area contributed by atoms with Crippen molar-refractivity contribution in [3.63, 3.8) is 0 Å². The van der Waals surface area contributed by atoms with Crippen LogP contribution in [0, 0.1) is 13.8 Å². The Kier molecular flexibility index (Phi) is 7.47. The van der Waals surface area contributed by atoms with Crippen LogP contribution in [0.1, 0.15) is 25.0 Å². The first-order valence-corrected chi connectivity index (χ1v) is 7.88. The molecule has 0 bridgehead atoms. The second-order valence-electron chi connectivity index (χ2n) is 5.01. The highest BCUT2D eigenvalue weighted by atomic mass is 32.1. The van der Waals surface area contributed by atoms with Crippen LogP contribution in [0.2, 0.25) is 0 Å². The number of hydrogen-bond donors (Lipinski definition) is 2. The summed E-state index contributed by atoms with van der Waals surface area (Å²) in [4.78, 5) is 24.7. The lowest BCUT2D eigenvalue weighted by atomic mass is 10.1. The molecule has 0 radical (unpaired) electrons. The molecule has 2 N–H and O–H groups in total. The van der Waals surface area contributed by atoms with Gasteiger partial charge in [0, 0.05) is 12.2 Å². The van der Waals surface area contributed by atoms with Gasteiger partial charge in [0.2, 0.25) is 5.91 Å². The molecule has 1 rings (SSSR count). The third-order valence-corrected chi connectivity index (χ3v) is 3.64. The highest BCUT2D eigenvalue weighted by Crippen LogP contribution is 2.14. The average Bonchev–Trinajstić information content (AvgIpc) is 2.48. The van der Waals surface area contributed by atoms with Gasteiger partial charge in [-0.25, -0.2) is 4.79 Å². The van der Waals surface area contributed by atoms with Gasteiger partial charge in [-0.3, -0.25) is 10.1 Å². The summed E-state index contributed by atoms with van der Waals surface area (Å²) in [5.74, 6) is -0.463. The number of carbonyl (C=O) groups is 2. The molecule has 0 saturated heterocycles. The Morgan fingerprint density at radius 2 is 1.91 bits per heavy atom. The van der Waals surface area contributed by atoms with E-state index in [4.69, 9.17) is 12.2 Å². The predicted octanol–water partition coefficient (Wildman–Crippen LogP) is 2.59. The van der Waals surface area contributed by atoms with Crippen molar-refractivity contribution >= 4 is 35.0 Å². The summed E-state index contributed by atoms with van der Waals surface area (Å²) in [5.41, 5.74) is 3.21. The number of aryl methyl sites for hydroxylation is 2. The Bertz CT molecular complexity index is 590. The molecule has 2 amide bonds. The summed E-state index contributed by atoms with van der Waals surface area (Å²) >= 11 is 5.33. The third-order valence-electron chi connectivity index (χ3n) is 3.28. The molecule has 0 saturated carbocycles. The van der Waals surface area contributed by atoms with E-state index in [9.17, 15) is 9.59 Å². The van der Waals surface area contributed by atoms with Gasteiger partial charge in [0.15, 0.2) is 5.11 Å². The molecule has 0 atom stereocenters. The van der Waals surface area contributed by atoms with Crippen LogP contribution in [0.15, 0.2) is 18.2 Å². The van der Waals surface area contributed by atoms with Crippen LogP contribution in [0.25, 0.3) is 0 Å². The quantitative estimate of drug-likeness (QED) is 0.805. The summed E-state index contributed by atoms with van der Waals surface area (Å²) in [5, 5.41) is 5.68. The maximum Gasteiger partial charge on any atom is 0.413 e. The molecule has 0 spiro atoms. The molecule has 7 heteroatoms. The number of likely N-dealkylation sites (N-methyl/N-ethyl adjacent to an activating group) is 1. The summed E-state index contributed by atoms with van der Waals surface area (Å²) in [6.07, 6.45) is -0.749. The smallest absolute Gasteiger partial charge is 0.413 e. The second-order valence-corrected chi connectivity index (χ2v) is 5.40. The Hall–Kier alpha value is -2.15. The standard InChI is InChI=1S/C16H23N3O3S/c1-5-19(10-14(20)18-16(21)22-6-2)15(23)17-13-8-7-11(3)12(4)9-13/h7-9H,5-6,10H2,1-4H3,(H,17,23)(H,18,20,21). The monoisotopic (exact) mass is 337 g/mol. The number of imide groups is 1. The summed E-state index contributed by atoms with van der Waals surface area (Å²) < 4.78 is 4.67. The molecule has 0 aliphatic carbocycles. The Balaban J connectivity index is 2.62. The molecule has 1 aromatic rings. The van der Waals surface area contributed by atoms with E-state index >= 15 is 0 Å². The molecule has 1 aromatic carbocycles. The minimum absolute atomic E-state index is 0.0218. The van der Waals surface area contributed by atoms with Gasteiger partial charge in [0.1, 0.15) is 0 Å². The fourth-order valence-electron chi connectivity index (χ4n) is 1.84. The minimum atomic E-state index is -0.749. The van der Waals surface area contributed by atoms with Gasteiger partial charge >= 0.3 is 6.09 Å². The maximum atomic E-state index is 11.8. The van der Waals surface area contributed by atoms with Crippen molar-refractivity contribution in [1.29, 1.82) is 0 Å². The number of ether oxygens (including phenoxy) is 1. The van der Waals surface area contributed by atoms with Crippen molar-refractivity contribution < 1.29 is 14.3 Å². The van der Waals surface area contributed by atoms with Crippen molar-refractivity contribution in [2.24, 2.45) is 0 Å². The van der Waals surface area contributed by atoms with Crippen LogP contribution < -0.4 is 10.6 Å². The number of benzene rings is 1. The number of carbonyl (C=O) groups excluding carboxylic acids is 2. The van der Waals surface area contributed by atoms with Crippen molar-refractivity contribution in [3.8, 4) is 0 Å². The summed E-state index contributed by atoms with van der Waals surface area (Å²) in [6.45, 7) is 8.34. The number of nitrogens with one attached hydrogen (secondary N) is 2. The van der Waals surface area contributed by atoms with E-state index < -0.39 is 12.0 Å². The van der Waals surface area contributed by atoms with Crippen LogP contribution in [0.3, 0.4) is 0 Å². The van der Waals surface area contributed by atoms with Gasteiger partial charge in [-0.2, -0.15) is 0 Å². The topological polar surface area (TPSA) is 70.7 Å². The number of amides is 2. The number of anilines is 1. The number of alkyl carbamates (subject to hydrolysis) is 1. The summed E-state index contributed by atoms with van der Waals surface area (Å²) in [6, 6.07) is 5.93. The molecule has 23 heavy (non-hydrogen) atoms. The Morgan fingerprint density at radius 3 is 2.48 bits per heavy atom. The molecule has 0 aliphatic heterocycles. The lowest BCUT2D eigenvalue weighted by Crippen LogP contribution is -2.44. The molecule has 126 valence electrons. The van der Waals surface area contributed by atoms with Gasteiger partial charge in [0.05, 0.1) is 13.2 Å². The van der Waals surface area contributed by atoms with Crippen LogP contribution in [-0.2, 0) is 9.53 Å². The Morgan fingerprint density at radius 1 is 1.22 bits per heavy atom. The van der Waals surface area contributed by atoms with E-state index in [1.807, 2.05) is 39.0 Å². The Labute approximate surface area is 142 Å². The van der Waals surface area contributed by atoms with E-state index in [0.717, 1.165) is 11.3 Å². The number of rotatable bonds is 5. The van der Waals surface area contributed by atoms with E-state index in [-0.39, 0.29) is 13.2 Å². The van der Waals surface area contributed by atoms with E-state index in [2.05, 4.69) is 15.4 Å². The molecule has 6 nitrogen and oxygen atoms in total. The van der Waals surface area contributed by atoms with Gasteiger partial charge in [-0.05, 0) is 63.2 Å². The number of nitrogens with zero attached hydrogens (tertiary/aromatic N) is 1. The molecular formula is C16H23N3O3S. The highest BCUT2D eigenvalue weighted by molar-refractivity contribution is 7.80. The molecular weight excluding hydrogens is 314 g/mol. The predicted molar refractivity (Wildman–Crippen MR) is 94.5 cm³/mol. The van der Waals surface area contributed by atoms with Crippen LogP contribution in [0.5, 0.6) is 0 Å². The lowest BCUT2D eigenvalue weighted by molar-refractivity contribution is -0.120. The zero-order valence-electron chi connectivity index (χ0n) is 13.9. The molecule has 0 aromatic heterocycles. The molecule has 0 aliphatic rings. The molecule has 0 unspecified atom stereocenters. The largest absolute Gasteiger partial charge is 0.450 e. The second kappa shape index (κ2) is 9.09. The van der Waals surface area contributed by atoms with Crippen LogP contribution in [-0.4, -0.2) is 41.7 Å². The number of thiocarbonyl (C=S) groups is 1. The lowest BCUT2D eigenvalue weighted by Gasteiger charge is -2.23. The SMILES string of the molecule is CCOC(=O)NC(=O)CN(CC)C(=S)Nc1ccc(C)c(C)c1. The highest BCUT2D eigenvalue weighted by Gasteiger charge is 2.15. The van der Waals surface area contributed by atoms with Crippen molar-refractivity contribution in [1.82, 2.24) is 10.2 Å². The van der Waals surface area contributed by atoms with Crippen molar-refractivity contribution in [3.05, 3.63) is 29.3 Å². The van der Waals surface area contributed by atoms with Crippen molar-refractivity contribution in [2.45, 2.75) is 27.7 Å². The third kappa shape index (κ3) is 6.23. The average molecular weight is 337 g/mol. The van der Waals surface area contributed by atoms with Gasteiger partial charge in [-0.15, -0.1) is 0 Å². The normalized spacial score (nSPS) is 9.91. The molecule has 0 heterocycles. The van der Waals surface area contributed by atoms with Gasteiger partial charge in [0.25, 0.3) is 0 Å². The first kappa shape index (κ1) is 18.9. The van der Waals surface area contributed by atoms with Crippen molar-refractivity contribution in [2.75, 3.05) is 25.0 Å². The van der Waals surface area contributed by atoms with E-state index in [0.29, 0.717) is 11.7 Å². The van der Waals surface area contributed by atoms with E-state index in [1.165, 1.54) is 5.56 Å². The minimum Gasteiger partial charge on any atom is -0.450 e. The zero-order chi connectivity index (χ0) is 17.4. The van der Waals surface area contributed by atoms with Gasteiger partial charge < -0.3 is 15.0 Å². The van der Waals surface area contributed by atoms with E-state index in [1.54, 1.807) is 11.8 Å².